The lowest BCUT2D eigenvalue weighted by Crippen LogP contribution is -2.33. The number of piperidine rings is 1. The molecule has 0 saturated carbocycles. The number of benzene rings is 2. The summed E-state index contributed by atoms with van der Waals surface area (Å²) >= 11 is 0. The van der Waals surface area contributed by atoms with Gasteiger partial charge in [0, 0.05) is 49.2 Å². The van der Waals surface area contributed by atoms with Crippen LogP contribution in [0, 0.1) is 11.7 Å². The molecule has 282 valence electrons. The fourth-order valence-corrected chi connectivity index (χ4v) is 7.72. The van der Waals surface area contributed by atoms with Crippen molar-refractivity contribution in [3.63, 3.8) is 0 Å². The number of hydrogen-bond donors (Lipinski definition) is 3. The first-order valence-corrected chi connectivity index (χ1v) is 19.2. The topological polar surface area (TPSA) is 140 Å². The monoisotopic (exact) mass is 732 g/mol. The molecule has 0 atom stereocenters. The maximum absolute atomic E-state index is 15.7. The number of carbonyl (C=O) groups is 2. The van der Waals surface area contributed by atoms with Gasteiger partial charge in [0.1, 0.15) is 17.2 Å². The first-order chi connectivity index (χ1) is 26.3. The molecule has 2 aromatic carbocycles. The quantitative estimate of drug-likeness (QED) is 0.128. The third-order valence-corrected chi connectivity index (χ3v) is 10.7. The van der Waals surface area contributed by atoms with Crippen LogP contribution < -0.4 is 16.4 Å². The maximum Gasteiger partial charge on any atom is 0.273 e. The number of pyridine rings is 2. The minimum absolute atomic E-state index is 0.000395. The van der Waals surface area contributed by atoms with E-state index < -0.39 is 11.8 Å². The van der Waals surface area contributed by atoms with Crippen molar-refractivity contribution in [1.29, 1.82) is 0 Å². The molecule has 2 amide bonds. The molecule has 12 heteroatoms. The van der Waals surface area contributed by atoms with Crippen molar-refractivity contribution in [2.45, 2.75) is 78.0 Å². The number of carbonyl (C=O) groups excluding carboxylic acids is 2. The van der Waals surface area contributed by atoms with Gasteiger partial charge < -0.3 is 26.0 Å². The van der Waals surface area contributed by atoms with Gasteiger partial charge in [-0.25, -0.2) is 19.0 Å². The van der Waals surface area contributed by atoms with E-state index in [0.29, 0.717) is 37.7 Å². The SMILES string of the molecule is CCc1nc2c(cnn2CC)c(NC2CCOCC2)c1CN(Cc1ccc(F)c(-c2cccc(CC3CCNCC3)c2)c1)C(=O)c1cccc(C(N)=O)n1. The smallest absolute Gasteiger partial charge is 0.273 e. The number of anilines is 1. The van der Waals surface area contributed by atoms with Crippen molar-refractivity contribution >= 4 is 28.5 Å². The third kappa shape index (κ3) is 8.29. The lowest BCUT2D eigenvalue weighted by Gasteiger charge is -2.29. The van der Waals surface area contributed by atoms with Crippen molar-refractivity contribution < 1.29 is 18.7 Å². The van der Waals surface area contributed by atoms with Crippen molar-refractivity contribution in [1.82, 2.24) is 30.0 Å². The standard InChI is InChI=1S/C42H49FN8O3/c1-3-36-34(39(47-31-15-19-54-20-16-31)33-24-46-51(4-2)41(33)49-36)26-50(42(53)38-10-6-9-37(48-38)40(44)52)25-29-11-12-35(43)32(23-29)30-8-5-7-28(22-30)21-27-13-17-45-18-14-27/h5-12,22-24,27,31,45H,3-4,13-21,25-26H2,1-2H3,(H2,44,52)(H,47,49). The Morgan fingerprint density at radius 1 is 0.963 bits per heavy atom. The number of amides is 2. The Hall–Kier alpha value is -5.20. The molecule has 2 fully saturated rings. The molecular formula is C42H49FN8O3. The molecule has 0 bridgehead atoms. The first-order valence-electron chi connectivity index (χ1n) is 19.2. The molecule has 5 aromatic rings. The number of nitrogens with one attached hydrogen (secondary N) is 2. The molecule has 3 aromatic heterocycles. The van der Waals surface area contributed by atoms with E-state index in [-0.39, 0.29) is 36.3 Å². The summed E-state index contributed by atoms with van der Waals surface area (Å²) in [7, 11) is 0. The summed E-state index contributed by atoms with van der Waals surface area (Å²) < 4.78 is 23.2. The van der Waals surface area contributed by atoms with Crippen LogP contribution >= 0.6 is 0 Å². The molecule has 2 aliphatic heterocycles. The maximum atomic E-state index is 15.7. The fraction of sp³-hybridized carbons (Fsp3) is 0.405. The van der Waals surface area contributed by atoms with E-state index in [1.165, 1.54) is 17.7 Å². The average Bonchev–Trinajstić information content (AvgIpc) is 3.62. The van der Waals surface area contributed by atoms with Crippen LogP contribution in [0.4, 0.5) is 10.1 Å². The largest absolute Gasteiger partial charge is 0.381 e. The first kappa shape index (κ1) is 37.1. The van der Waals surface area contributed by atoms with Crippen molar-refractivity contribution in [3.05, 3.63) is 106 Å². The summed E-state index contributed by atoms with van der Waals surface area (Å²) in [6.45, 7) is 8.45. The summed E-state index contributed by atoms with van der Waals surface area (Å²) in [6, 6.07) is 18.0. The number of ether oxygens (including phenoxy) is 1. The molecule has 11 nitrogen and oxygen atoms in total. The average molecular weight is 733 g/mol. The van der Waals surface area contributed by atoms with Crippen LogP contribution in [0.3, 0.4) is 0 Å². The summed E-state index contributed by atoms with van der Waals surface area (Å²) in [5.74, 6) is -0.843. The minimum atomic E-state index is -0.722. The Kier molecular flexibility index (Phi) is 11.6. The third-order valence-electron chi connectivity index (χ3n) is 10.7. The highest BCUT2D eigenvalue weighted by Gasteiger charge is 2.27. The van der Waals surface area contributed by atoms with Crippen molar-refractivity contribution in [2.75, 3.05) is 31.6 Å². The number of halogens is 1. The second-order valence-electron chi connectivity index (χ2n) is 14.3. The number of primary amides is 1. The normalized spacial score (nSPS) is 15.4. The highest BCUT2D eigenvalue weighted by atomic mass is 19.1. The lowest BCUT2D eigenvalue weighted by molar-refractivity contribution is 0.0723. The summed E-state index contributed by atoms with van der Waals surface area (Å²) in [6.07, 6.45) is 7.36. The Morgan fingerprint density at radius 2 is 1.74 bits per heavy atom. The molecule has 54 heavy (non-hydrogen) atoms. The highest BCUT2D eigenvalue weighted by Crippen LogP contribution is 2.34. The molecule has 0 aliphatic carbocycles. The summed E-state index contributed by atoms with van der Waals surface area (Å²) in [5.41, 5.74) is 12.3. The fourth-order valence-electron chi connectivity index (χ4n) is 7.72. The zero-order valence-electron chi connectivity index (χ0n) is 31.1. The van der Waals surface area contributed by atoms with Crippen LogP contribution in [0.1, 0.15) is 82.9 Å². The molecule has 4 N–H and O–H groups in total. The second-order valence-corrected chi connectivity index (χ2v) is 14.3. The molecule has 5 heterocycles. The van der Waals surface area contributed by atoms with E-state index in [1.54, 1.807) is 23.1 Å². The van der Waals surface area contributed by atoms with Gasteiger partial charge in [0.05, 0.1) is 23.8 Å². The van der Waals surface area contributed by atoms with Crippen LogP contribution in [-0.2, 0) is 37.2 Å². The number of fused-ring (bicyclic) bond motifs is 1. The second kappa shape index (κ2) is 16.9. The zero-order valence-corrected chi connectivity index (χ0v) is 31.1. The minimum Gasteiger partial charge on any atom is -0.381 e. The Morgan fingerprint density at radius 3 is 2.50 bits per heavy atom. The van der Waals surface area contributed by atoms with E-state index in [4.69, 9.17) is 15.5 Å². The van der Waals surface area contributed by atoms with Gasteiger partial charge in [-0.15, -0.1) is 0 Å². The Bertz CT molecular complexity index is 2120. The molecule has 0 unspecified atom stereocenters. The van der Waals surface area contributed by atoms with Crippen LogP contribution in [0.2, 0.25) is 0 Å². The number of nitrogens with zero attached hydrogens (tertiary/aromatic N) is 5. The molecular weight excluding hydrogens is 684 g/mol. The predicted molar refractivity (Wildman–Crippen MR) is 208 cm³/mol. The van der Waals surface area contributed by atoms with Crippen LogP contribution in [0.25, 0.3) is 22.2 Å². The van der Waals surface area contributed by atoms with E-state index in [9.17, 15) is 9.59 Å². The van der Waals surface area contributed by atoms with Gasteiger partial charge in [0.25, 0.3) is 11.8 Å². The molecule has 2 saturated heterocycles. The number of rotatable bonds is 13. The predicted octanol–water partition coefficient (Wildman–Crippen LogP) is 6.29. The van der Waals surface area contributed by atoms with Gasteiger partial charge in [0.2, 0.25) is 0 Å². The number of aryl methyl sites for hydroxylation is 2. The zero-order chi connectivity index (χ0) is 37.6. The van der Waals surface area contributed by atoms with E-state index in [1.807, 2.05) is 36.0 Å². The highest BCUT2D eigenvalue weighted by molar-refractivity contribution is 5.96. The van der Waals surface area contributed by atoms with Gasteiger partial charge in [0.15, 0.2) is 5.65 Å². The van der Waals surface area contributed by atoms with Crippen LogP contribution in [0.5, 0.6) is 0 Å². The Balaban J connectivity index is 1.28. The Labute approximate surface area is 315 Å². The lowest BCUT2D eigenvalue weighted by atomic mass is 9.89. The molecule has 2 aliphatic rings. The number of aromatic nitrogens is 4. The van der Waals surface area contributed by atoms with Crippen molar-refractivity contribution in [2.24, 2.45) is 11.7 Å². The van der Waals surface area contributed by atoms with Gasteiger partial charge in [-0.3, -0.25) is 9.59 Å². The summed E-state index contributed by atoms with van der Waals surface area (Å²) in [5, 5.41) is 12.8. The van der Waals surface area contributed by atoms with Crippen LogP contribution in [-0.4, -0.2) is 68.8 Å². The van der Waals surface area contributed by atoms with Crippen molar-refractivity contribution in [3.8, 4) is 11.1 Å². The summed E-state index contributed by atoms with van der Waals surface area (Å²) in [4.78, 5) is 37.8. The molecule has 0 radical (unpaired) electrons. The van der Waals surface area contributed by atoms with Gasteiger partial charge in [-0.1, -0.05) is 43.3 Å². The number of nitrogens with two attached hydrogens (primary N) is 1. The molecule has 7 rings (SSSR count). The molecule has 0 spiro atoms. The van der Waals surface area contributed by atoms with Gasteiger partial charge in [-0.2, -0.15) is 5.10 Å². The van der Waals surface area contributed by atoms with Crippen LogP contribution in [0.15, 0.2) is 66.9 Å². The van der Waals surface area contributed by atoms with Gasteiger partial charge >= 0.3 is 0 Å². The van der Waals surface area contributed by atoms with E-state index in [2.05, 4.69) is 39.8 Å². The van der Waals surface area contributed by atoms with Gasteiger partial charge in [-0.05, 0) is 105 Å². The van der Waals surface area contributed by atoms with E-state index >= 15 is 4.39 Å². The number of hydrogen-bond acceptors (Lipinski definition) is 8. The van der Waals surface area contributed by atoms with E-state index in [0.717, 1.165) is 84.3 Å².